The van der Waals surface area contributed by atoms with Crippen molar-refractivity contribution in [2.24, 2.45) is 5.92 Å². The van der Waals surface area contributed by atoms with Crippen LogP contribution in [0.5, 0.6) is 0 Å². The number of hydrogen-bond donors (Lipinski definition) is 1. The van der Waals surface area contributed by atoms with Crippen molar-refractivity contribution in [3.8, 4) is 0 Å². The highest BCUT2D eigenvalue weighted by Crippen LogP contribution is 2.40. The molecule has 0 heterocycles. The van der Waals surface area contributed by atoms with Crippen LogP contribution in [0.2, 0.25) is 0 Å². The van der Waals surface area contributed by atoms with Gasteiger partial charge in [-0.15, -0.1) is 0 Å². The average molecular weight is 336 g/mol. The fourth-order valence-electron chi connectivity index (χ4n) is 3.68. The molecule has 2 rings (SSSR count). The van der Waals surface area contributed by atoms with E-state index in [4.69, 9.17) is 5.73 Å². The van der Waals surface area contributed by atoms with Crippen molar-refractivity contribution in [3.63, 3.8) is 0 Å². The number of anilines is 1. The highest BCUT2D eigenvalue weighted by atomic mass is 14.5. The second-order valence-corrected chi connectivity index (χ2v) is 7.32. The molecule has 25 heavy (non-hydrogen) atoms. The molecule has 2 atom stereocenters. The van der Waals surface area contributed by atoms with Crippen molar-refractivity contribution in [1.82, 2.24) is 0 Å². The van der Waals surface area contributed by atoms with Gasteiger partial charge in [0.05, 0.1) is 0 Å². The summed E-state index contributed by atoms with van der Waals surface area (Å²) in [6.45, 7) is 9.00. The zero-order valence-corrected chi connectivity index (χ0v) is 16.3. The molecule has 0 saturated heterocycles. The van der Waals surface area contributed by atoms with E-state index in [1.54, 1.807) is 0 Å². The van der Waals surface area contributed by atoms with Gasteiger partial charge in [-0.3, -0.25) is 0 Å². The third-order valence-corrected chi connectivity index (χ3v) is 5.35. The maximum absolute atomic E-state index is 5.93. The maximum atomic E-state index is 5.93. The molecular weight excluding hydrogens is 302 g/mol. The van der Waals surface area contributed by atoms with E-state index < -0.39 is 0 Å². The smallest absolute Gasteiger partial charge is 0.0314 e. The second-order valence-electron chi connectivity index (χ2n) is 7.32. The number of benzene rings is 2. The zero-order chi connectivity index (χ0) is 18.3. The molecule has 0 aliphatic carbocycles. The van der Waals surface area contributed by atoms with Crippen molar-refractivity contribution in [1.29, 1.82) is 0 Å². The predicted octanol–water partition coefficient (Wildman–Crippen LogP) is 6.66. The molecule has 1 heteroatoms. The van der Waals surface area contributed by atoms with Crippen LogP contribution in [0.3, 0.4) is 0 Å². The minimum atomic E-state index is 0.00380. The van der Waals surface area contributed by atoms with E-state index in [9.17, 15) is 0 Å². The molecule has 0 aliphatic heterocycles. The zero-order valence-electron chi connectivity index (χ0n) is 16.3. The quantitative estimate of drug-likeness (QED) is 0.424. The molecule has 1 nitrogen and oxygen atoms in total. The molecule has 2 unspecified atom stereocenters. The van der Waals surface area contributed by atoms with Crippen molar-refractivity contribution >= 4 is 5.69 Å². The highest BCUT2D eigenvalue weighted by molar-refractivity contribution is 5.46. The summed E-state index contributed by atoms with van der Waals surface area (Å²) in [6.07, 6.45) is 9.35. The standard InChI is InChI=1S/C24H33N/c1-5-8-19(3)9-7-18-24(6-2,21-12-10-20(4)11-13-21)22-14-16-23(25)17-15-22/h7,9-17,19H,5-6,8,18,25H2,1-4H3/b9-7+. The average Bonchev–Trinajstić information content (AvgIpc) is 2.61. The largest absolute Gasteiger partial charge is 0.399 e. The summed E-state index contributed by atoms with van der Waals surface area (Å²) in [4.78, 5) is 0. The molecular formula is C24H33N. The van der Waals surface area contributed by atoms with Gasteiger partial charge in [0.2, 0.25) is 0 Å². The maximum Gasteiger partial charge on any atom is 0.0314 e. The minimum absolute atomic E-state index is 0.00380. The molecule has 0 aromatic heterocycles. The monoisotopic (exact) mass is 335 g/mol. The van der Waals surface area contributed by atoms with Crippen molar-refractivity contribution < 1.29 is 0 Å². The van der Waals surface area contributed by atoms with Crippen LogP contribution in [-0.2, 0) is 5.41 Å². The summed E-state index contributed by atoms with van der Waals surface area (Å²) in [7, 11) is 0. The number of allylic oxidation sites excluding steroid dienone is 2. The Morgan fingerprint density at radius 3 is 2.04 bits per heavy atom. The molecule has 0 bridgehead atoms. The Morgan fingerprint density at radius 1 is 0.960 bits per heavy atom. The lowest BCUT2D eigenvalue weighted by Crippen LogP contribution is -2.26. The lowest BCUT2D eigenvalue weighted by molar-refractivity contribution is 0.499. The van der Waals surface area contributed by atoms with Crippen molar-refractivity contribution in [3.05, 3.63) is 77.4 Å². The Bertz CT molecular complexity index is 619. The van der Waals surface area contributed by atoms with Crippen LogP contribution in [0.4, 0.5) is 5.69 Å². The van der Waals surface area contributed by atoms with Gasteiger partial charge in [-0.05, 0) is 55.4 Å². The van der Waals surface area contributed by atoms with Gasteiger partial charge in [0.1, 0.15) is 0 Å². The topological polar surface area (TPSA) is 26.0 Å². The third-order valence-electron chi connectivity index (χ3n) is 5.35. The fraction of sp³-hybridized carbons (Fsp3) is 0.417. The first-order chi connectivity index (χ1) is 12.0. The number of hydrogen-bond acceptors (Lipinski definition) is 1. The van der Waals surface area contributed by atoms with E-state index in [1.165, 1.54) is 29.5 Å². The van der Waals surface area contributed by atoms with E-state index in [2.05, 4.69) is 76.2 Å². The van der Waals surface area contributed by atoms with Crippen LogP contribution < -0.4 is 5.73 Å². The highest BCUT2D eigenvalue weighted by Gasteiger charge is 2.31. The molecule has 2 N–H and O–H groups in total. The Kier molecular flexibility index (Phi) is 6.87. The van der Waals surface area contributed by atoms with Gasteiger partial charge in [0.15, 0.2) is 0 Å². The second kappa shape index (κ2) is 8.89. The van der Waals surface area contributed by atoms with Gasteiger partial charge < -0.3 is 5.73 Å². The van der Waals surface area contributed by atoms with Crippen LogP contribution in [0.15, 0.2) is 60.7 Å². The predicted molar refractivity (Wildman–Crippen MR) is 111 cm³/mol. The third kappa shape index (κ3) is 4.75. The summed E-state index contributed by atoms with van der Waals surface area (Å²) in [5, 5.41) is 0. The number of nitrogens with two attached hydrogens (primary N) is 1. The summed E-state index contributed by atoms with van der Waals surface area (Å²) in [6, 6.07) is 17.5. The normalized spacial score (nSPS) is 15.2. The van der Waals surface area contributed by atoms with Crippen LogP contribution in [-0.4, -0.2) is 0 Å². The van der Waals surface area contributed by atoms with Gasteiger partial charge in [-0.1, -0.05) is 81.3 Å². The molecule has 0 aliphatic rings. The fourth-order valence-corrected chi connectivity index (χ4v) is 3.68. The SMILES string of the molecule is CCCC(C)/C=C/CC(CC)(c1ccc(C)cc1)c1ccc(N)cc1. The first-order valence-corrected chi connectivity index (χ1v) is 9.61. The summed E-state index contributed by atoms with van der Waals surface area (Å²) in [5.74, 6) is 0.643. The van der Waals surface area contributed by atoms with Gasteiger partial charge >= 0.3 is 0 Å². The van der Waals surface area contributed by atoms with Crippen LogP contribution >= 0.6 is 0 Å². The van der Waals surface area contributed by atoms with Gasteiger partial charge in [-0.2, -0.15) is 0 Å². The van der Waals surface area contributed by atoms with Crippen molar-refractivity contribution in [2.45, 2.75) is 58.8 Å². The lowest BCUT2D eigenvalue weighted by Gasteiger charge is -2.34. The molecule has 0 fully saturated rings. The van der Waals surface area contributed by atoms with E-state index >= 15 is 0 Å². The van der Waals surface area contributed by atoms with E-state index in [-0.39, 0.29) is 5.41 Å². The Morgan fingerprint density at radius 2 is 1.52 bits per heavy atom. The Labute approximate surface area is 154 Å². The van der Waals surface area contributed by atoms with E-state index in [0.717, 1.165) is 18.5 Å². The molecule has 2 aromatic rings. The summed E-state index contributed by atoms with van der Waals surface area (Å²) >= 11 is 0. The number of aryl methyl sites for hydroxylation is 1. The molecule has 0 saturated carbocycles. The summed E-state index contributed by atoms with van der Waals surface area (Å²) in [5.41, 5.74) is 10.8. The molecule has 0 radical (unpaired) electrons. The number of nitrogen functional groups attached to an aromatic ring is 1. The van der Waals surface area contributed by atoms with Crippen LogP contribution in [0.25, 0.3) is 0 Å². The molecule has 2 aromatic carbocycles. The van der Waals surface area contributed by atoms with Crippen molar-refractivity contribution in [2.75, 3.05) is 5.73 Å². The molecule has 0 spiro atoms. The molecule has 134 valence electrons. The summed E-state index contributed by atoms with van der Waals surface area (Å²) < 4.78 is 0. The Hall–Kier alpha value is -2.02. The van der Waals surface area contributed by atoms with Gasteiger partial charge in [0.25, 0.3) is 0 Å². The van der Waals surface area contributed by atoms with Crippen LogP contribution in [0.1, 0.15) is 63.1 Å². The minimum Gasteiger partial charge on any atom is -0.399 e. The van der Waals surface area contributed by atoms with Gasteiger partial charge in [-0.25, -0.2) is 0 Å². The van der Waals surface area contributed by atoms with E-state index in [1.807, 2.05) is 12.1 Å². The van der Waals surface area contributed by atoms with E-state index in [0.29, 0.717) is 5.92 Å². The molecule has 0 amide bonds. The first kappa shape index (κ1) is 19.3. The number of rotatable bonds is 8. The van der Waals surface area contributed by atoms with Gasteiger partial charge in [0, 0.05) is 11.1 Å². The lowest BCUT2D eigenvalue weighted by atomic mass is 9.70. The Balaban J connectivity index is 2.42. The van der Waals surface area contributed by atoms with Crippen LogP contribution in [0, 0.1) is 12.8 Å². The first-order valence-electron chi connectivity index (χ1n) is 9.61.